The van der Waals surface area contributed by atoms with E-state index in [1.807, 2.05) is 0 Å². The summed E-state index contributed by atoms with van der Waals surface area (Å²) in [5, 5.41) is 0. The van der Waals surface area contributed by atoms with Gasteiger partial charge in [0.2, 0.25) is 0 Å². The zero-order valence-electron chi connectivity index (χ0n) is 7.04. The van der Waals surface area contributed by atoms with Crippen LogP contribution < -0.4 is 0 Å². The Labute approximate surface area is 75.8 Å². The molecule has 0 bridgehead atoms. The van der Waals surface area contributed by atoms with Crippen LogP contribution in [-0.2, 0) is 14.3 Å². The van der Waals surface area contributed by atoms with Crippen LogP contribution in [0.1, 0.15) is 12.8 Å². The predicted octanol–water partition coefficient (Wildman–Crippen LogP) is 0.872. The van der Waals surface area contributed by atoms with Crippen molar-refractivity contribution in [2.45, 2.75) is 12.8 Å². The van der Waals surface area contributed by atoms with Crippen molar-refractivity contribution in [3.8, 4) is 0 Å². The summed E-state index contributed by atoms with van der Waals surface area (Å²) in [7, 11) is 1.37. The Morgan fingerprint density at radius 1 is 1.67 bits per heavy atom. The van der Waals surface area contributed by atoms with E-state index in [0.717, 1.165) is 12.2 Å². The molecule has 0 radical (unpaired) electrons. The molecule has 1 unspecified atom stereocenters. The van der Waals surface area contributed by atoms with Gasteiger partial charge in [-0.05, 0) is 12.2 Å². The number of ketones is 1. The first-order chi connectivity index (χ1) is 5.74. The Morgan fingerprint density at radius 2 is 2.42 bits per heavy atom. The number of carbonyl (C=O) groups is 2. The van der Waals surface area contributed by atoms with Crippen LogP contribution in [0, 0.1) is 5.92 Å². The van der Waals surface area contributed by atoms with Crippen LogP contribution in [0.3, 0.4) is 0 Å². The average Bonchev–Trinajstić information content (AvgIpc) is 2.28. The lowest BCUT2D eigenvalue weighted by molar-refractivity contribution is -0.147. The van der Waals surface area contributed by atoms with Gasteiger partial charge >= 0.3 is 5.97 Å². The maximum absolute atomic E-state index is 11.1. The van der Waals surface area contributed by atoms with Crippen LogP contribution in [0.15, 0.2) is 0 Å². The molecule has 4 heteroatoms. The highest BCUT2D eigenvalue weighted by molar-refractivity contribution is 7.99. The topological polar surface area (TPSA) is 43.4 Å². The molecule has 3 nitrogen and oxygen atoms in total. The average molecular weight is 188 g/mol. The van der Waals surface area contributed by atoms with Crippen molar-refractivity contribution in [2.75, 3.05) is 18.6 Å². The van der Waals surface area contributed by atoms with Crippen LogP contribution in [0.25, 0.3) is 0 Å². The zero-order valence-corrected chi connectivity index (χ0v) is 7.86. The first-order valence-electron chi connectivity index (χ1n) is 3.91. The Balaban J connectivity index is 2.51. The fourth-order valence-electron chi connectivity index (χ4n) is 1.22. The fraction of sp³-hybridized carbons (Fsp3) is 0.750. The second-order valence-corrected chi connectivity index (χ2v) is 3.91. The number of rotatable bonds is 1. The van der Waals surface area contributed by atoms with Crippen molar-refractivity contribution in [1.82, 2.24) is 0 Å². The summed E-state index contributed by atoms with van der Waals surface area (Å²) in [6.07, 6.45) is 1.13. The molecule has 0 spiro atoms. The Kier molecular flexibility index (Phi) is 3.59. The predicted molar refractivity (Wildman–Crippen MR) is 47.1 cm³/mol. The van der Waals surface area contributed by atoms with Crippen molar-refractivity contribution >= 4 is 23.5 Å². The van der Waals surface area contributed by atoms with Crippen LogP contribution in [0.4, 0.5) is 0 Å². The minimum Gasteiger partial charge on any atom is -0.469 e. The van der Waals surface area contributed by atoms with E-state index in [-0.39, 0.29) is 17.7 Å². The van der Waals surface area contributed by atoms with Crippen molar-refractivity contribution in [1.29, 1.82) is 0 Å². The normalized spacial score (nSPS) is 24.8. The SMILES string of the molecule is COC(=O)C1CCSCC(=O)C1. The molecule has 12 heavy (non-hydrogen) atoms. The van der Waals surface area contributed by atoms with Crippen LogP contribution in [0.5, 0.6) is 0 Å². The number of hydrogen-bond acceptors (Lipinski definition) is 4. The van der Waals surface area contributed by atoms with E-state index in [2.05, 4.69) is 4.74 Å². The molecule has 0 amide bonds. The second kappa shape index (κ2) is 4.50. The number of hydrogen-bond donors (Lipinski definition) is 0. The molecule has 1 rings (SSSR count). The van der Waals surface area contributed by atoms with E-state index < -0.39 is 0 Å². The molecule has 1 fully saturated rings. The number of thioether (sulfide) groups is 1. The van der Waals surface area contributed by atoms with Gasteiger partial charge in [-0.3, -0.25) is 9.59 Å². The van der Waals surface area contributed by atoms with Crippen LogP contribution in [-0.4, -0.2) is 30.4 Å². The van der Waals surface area contributed by atoms with E-state index in [1.165, 1.54) is 7.11 Å². The van der Waals surface area contributed by atoms with E-state index in [0.29, 0.717) is 12.2 Å². The van der Waals surface area contributed by atoms with Crippen molar-refractivity contribution in [3.63, 3.8) is 0 Å². The molecule has 1 heterocycles. The Bertz CT molecular complexity index is 191. The highest BCUT2D eigenvalue weighted by Crippen LogP contribution is 2.20. The lowest BCUT2D eigenvalue weighted by Gasteiger charge is -2.08. The molecule has 0 N–H and O–H groups in total. The summed E-state index contributed by atoms with van der Waals surface area (Å²) in [6, 6.07) is 0. The minimum atomic E-state index is -0.245. The van der Waals surface area contributed by atoms with Crippen molar-refractivity contribution in [2.24, 2.45) is 5.92 Å². The van der Waals surface area contributed by atoms with Gasteiger partial charge in [0.05, 0.1) is 18.8 Å². The van der Waals surface area contributed by atoms with Gasteiger partial charge in [-0.2, -0.15) is 11.8 Å². The van der Waals surface area contributed by atoms with Gasteiger partial charge in [0.1, 0.15) is 5.78 Å². The number of Topliss-reactive ketones (excluding diaryl/α,β-unsaturated/α-hetero) is 1. The monoisotopic (exact) mass is 188 g/mol. The minimum absolute atomic E-state index is 0.160. The standard InChI is InChI=1S/C8H12O3S/c1-11-8(10)6-2-3-12-5-7(9)4-6/h6H,2-5H2,1H3. The van der Waals surface area contributed by atoms with Crippen molar-refractivity contribution in [3.05, 3.63) is 0 Å². The quantitative estimate of drug-likeness (QED) is 0.573. The van der Waals surface area contributed by atoms with E-state index in [4.69, 9.17) is 0 Å². The van der Waals surface area contributed by atoms with E-state index in [1.54, 1.807) is 11.8 Å². The third-order valence-electron chi connectivity index (χ3n) is 1.88. The molecule has 68 valence electrons. The van der Waals surface area contributed by atoms with Gasteiger partial charge < -0.3 is 4.74 Å². The van der Waals surface area contributed by atoms with Crippen LogP contribution >= 0.6 is 11.8 Å². The Hall–Kier alpha value is -0.510. The largest absolute Gasteiger partial charge is 0.469 e. The molecule has 0 aliphatic carbocycles. The summed E-state index contributed by atoms with van der Waals surface area (Å²) in [5.41, 5.74) is 0. The molecule has 1 atom stereocenters. The van der Waals surface area contributed by atoms with Gasteiger partial charge in [-0.25, -0.2) is 0 Å². The zero-order chi connectivity index (χ0) is 8.97. The third-order valence-corrected chi connectivity index (χ3v) is 2.93. The highest BCUT2D eigenvalue weighted by atomic mass is 32.2. The van der Waals surface area contributed by atoms with Gasteiger partial charge in [-0.1, -0.05) is 0 Å². The summed E-state index contributed by atoms with van der Waals surface area (Å²) in [4.78, 5) is 22.2. The van der Waals surface area contributed by atoms with Crippen molar-refractivity contribution < 1.29 is 14.3 Å². The first-order valence-corrected chi connectivity index (χ1v) is 5.06. The maximum Gasteiger partial charge on any atom is 0.309 e. The van der Waals surface area contributed by atoms with Gasteiger partial charge in [0.15, 0.2) is 0 Å². The van der Waals surface area contributed by atoms with E-state index >= 15 is 0 Å². The van der Waals surface area contributed by atoms with Gasteiger partial charge in [-0.15, -0.1) is 0 Å². The molecule has 0 saturated carbocycles. The van der Waals surface area contributed by atoms with Crippen LogP contribution in [0.2, 0.25) is 0 Å². The molecular formula is C8H12O3S. The Morgan fingerprint density at radius 3 is 3.08 bits per heavy atom. The second-order valence-electron chi connectivity index (χ2n) is 2.80. The highest BCUT2D eigenvalue weighted by Gasteiger charge is 2.24. The lowest BCUT2D eigenvalue weighted by atomic mass is 10.0. The number of carbonyl (C=O) groups excluding carboxylic acids is 2. The molecule has 0 aromatic rings. The number of ether oxygens (including phenoxy) is 1. The number of esters is 1. The van der Waals surface area contributed by atoms with E-state index in [9.17, 15) is 9.59 Å². The summed E-state index contributed by atoms with van der Waals surface area (Å²) in [6.45, 7) is 0. The maximum atomic E-state index is 11.1. The third kappa shape index (κ3) is 2.52. The summed E-state index contributed by atoms with van der Waals surface area (Å²) in [5.74, 6) is 1.15. The first kappa shape index (κ1) is 9.58. The molecule has 0 aromatic carbocycles. The fourth-order valence-corrected chi connectivity index (χ4v) is 2.16. The molecule has 1 aliphatic rings. The number of methoxy groups -OCH3 is 1. The van der Waals surface area contributed by atoms with Gasteiger partial charge in [0, 0.05) is 6.42 Å². The summed E-state index contributed by atoms with van der Waals surface area (Å²) >= 11 is 1.60. The van der Waals surface area contributed by atoms with Gasteiger partial charge in [0.25, 0.3) is 0 Å². The lowest BCUT2D eigenvalue weighted by Crippen LogP contribution is -2.19. The summed E-state index contributed by atoms with van der Waals surface area (Å²) < 4.78 is 4.59. The smallest absolute Gasteiger partial charge is 0.309 e. The molecule has 0 aromatic heterocycles. The molecule has 1 saturated heterocycles. The molecule has 1 aliphatic heterocycles. The molecular weight excluding hydrogens is 176 g/mol.